The van der Waals surface area contributed by atoms with Gasteiger partial charge in [0.1, 0.15) is 6.04 Å². The predicted molar refractivity (Wildman–Crippen MR) is 56.7 cm³/mol. The number of carboxylic acid groups (broad SMARTS) is 1. The number of rotatable bonds is 7. The van der Waals surface area contributed by atoms with Gasteiger partial charge in [0.2, 0.25) is 17.7 Å². The minimum Gasteiger partial charge on any atom is -0.480 e. The second-order valence-electron chi connectivity index (χ2n) is 3.37. The van der Waals surface area contributed by atoms with E-state index in [4.69, 9.17) is 10.8 Å². The van der Waals surface area contributed by atoms with Gasteiger partial charge in [-0.25, -0.2) is 4.79 Å². The number of aliphatic carboxylic acids is 1. The summed E-state index contributed by atoms with van der Waals surface area (Å²) in [6, 6.07) is -1.19. The van der Waals surface area contributed by atoms with Crippen molar-refractivity contribution in [1.82, 2.24) is 10.6 Å². The molecule has 0 fully saturated rings. The lowest BCUT2D eigenvalue weighted by Crippen LogP contribution is -2.45. The summed E-state index contributed by atoms with van der Waals surface area (Å²) in [5, 5.41) is 13.1. The van der Waals surface area contributed by atoms with Crippen molar-refractivity contribution in [2.24, 2.45) is 5.73 Å². The molecule has 0 radical (unpaired) electrons. The van der Waals surface area contributed by atoms with Crippen molar-refractivity contribution < 1.29 is 24.3 Å². The molecule has 96 valence electrons. The van der Waals surface area contributed by atoms with Crippen LogP contribution < -0.4 is 16.4 Å². The molecule has 0 aromatic heterocycles. The molecule has 0 aliphatic heterocycles. The lowest BCUT2D eigenvalue weighted by atomic mass is 10.1. The van der Waals surface area contributed by atoms with Crippen molar-refractivity contribution in [3.05, 3.63) is 0 Å². The Bertz CT molecular complexity index is 329. The first-order valence-corrected chi connectivity index (χ1v) is 4.88. The summed E-state index contributed by atoms with van der Waals surface area (Å²) in [5.41, 5.74) is 4.87. The molecular weight excluding hydrogens is 230 g/mol. The first-order chi connectivity index (χ1) is 7.82. The van der Waals surface area contributed by atoms with E-state index in [9.17, 15) is 19.2 Å². The Labute approximate surface area is 97.5 Å². The molecule has 0 aliphatic rings. The molecule has 0 heterocycles. The van der Waals surface area contributed by atoms with E-state index in [1.54, 1.807) is 0 Å². The van der Waals surface area contributed by atoms with Crippen LogP contribution in [0.15, 0.2) is 0 Å². The fourth-order valence-electron chi connectivity index (χ4n) is 0.994. The highest BCUT2D eigenvalue weighted by Gasteiger charge is 2.20. The van der Waals surface area contributed by atoms with Crippen LogP contribution in [0, 0.1) is 0 Å². The van der Waals surface area contributed by atoms with Gasteiger partial charge in [0.15, 0.2) is 0 Å². The van der Waals surface area contributed by atoms with Gasteiger partial charge in [-0.1, -0.05) is 0 Å². The zero-order chi connectivity index (χ0) is 13.4. The maximum Gasteiger partial charge on any atom is 0.326 e. The highest BCUT2D eigenvalue weighted by atomic mass is 16.4. The molecule has 8 heteroatoms. The van der Waals surface area contributed by atoms with Crippen molar-refractivity contribution in [3.8, 4) is 0 Å². The summed E-state index contributed by atoms with van der Waals surface area (Å²) < 4.78 is 0. The number of hydrogen-bond acceptors (Lipinski definition) is 4. The minimum absolute atomic E-state index is 0.0868. The van der Waals surface area contributed by atoms with E-state index in [0.29, 0.717) is 0 Å². The smallest absolute Gasteiger partial charge is 0.326 e. The van der Waals surface area contributed by atoms with Gasteiger partial charge in [-0.3, -0.25) is 14.4 Å². The topological polar surface area (TPSA) is 139 Å². The molecule has 5 N–H and O–H groups in total. The summed E-state index contributed by atoms with van der Waals surface area (Å²) in [5.74, 6) is -2.95. The van der Waals surface area contributed by atoms with E-state index in [0.717, 1.165) is 0 Å². The van der Waals surface area contributed by atoms with E-state index in [2.05, 4.69) is 10.6 Å². The average molecular weight is 245 g/mol. The quantitative estimate of drug-likeness (QED) is 0.409. The largest absolute Gasteiger partial charge is 0.480 e. The normalized spacial score (nSPS) is 11.4. The van der Waals surface area contributed by atoms with Gasteiger partial charge in [-0.05, 0) is 6.42 Å². The van der Waals surface area contributed by atoms with E-state index in [-0.39, 0.29) is 19.4 Å². The van der Waals surface area contributed by atoms with Crippen LogP contribution in [0.1, 0.15) is 19.8 Å². The van der Waals surface area contributed by atoms with Gasteiger partial charge in [0, 0.05) is 13.3 Å². The molecule has 0 saturated carbocycles. The Hall–Kier alpha value is -2.12. The summed E-state index contributed by atoms with van der Waals surface area (Å²) in [6.45, 7) is 0.921. The van der Waals surface area contributed by atoms with Crippen LogP contribution in [0.2, 0.25) is 0 Å². The van der Waals surface area contributed by atoms with Gasteiger partial charge < -0.3 is 21.5 Å². The monoisotopic (exact) mass is 245 g/mol. The fourth-order valence-corrected chi connectivity index (χ4v) is 0.994. The van der Waals surface area contributed by atoms with Crippen molar-refractivity contribution >= 4 is 23.7 Å². The van der Waals surface area contributed by atoms with Crippen LogP contribution in [-0.2, 0) is 19.2 Å². The Morgan fingerprint density at radius 3 is 2.29 bits per heavy atom. The highest BCUT2D eigenvalue weighted by molar-refractivity contribution is 5.87. The van der Waals surface area contributed by atoms with Crippen LogP contribution in [0.3, 0.4) is 0 Å². The van der Waals surface area contributed by atoms with Crippen molar-refractivity contribution in [3.63, 3.8) is 0 Å². The second-order valence-corrected chi connectivity index (χ2v) is 3.37. The number of primary amides is 1. The molecule has 0 rings (SSSR count). The summed E-state index contributed by atoms with van der Waals surface area (Å²) >= 11 is 0. The molecule has 8 nitrogen and oxygen atoms in total. The van der Waals surface area contributed by atoms with Gasteiger partial charge in [0.05, 0.1) is 6.54 Å². The number of carbonyl (C=O) groups is 4. The van der Waals surface area contributed by atoms with Gasteiger partial charge in [-0.15, -0.1) is 0 Å². The van der Waals surface area contributed by atoms with Crippen LogP contribution in [0.4, 0.5) is 0 Å². The molecule has 0 aliphatic carbocycles. The average Bonchev–Trinajstić information content (AvgIpc) is 2.20. The predicted octanol–water partition coefficient (Wildman–Crippen LogP) is -2.04. The van der Waals surface area contributed by atoms with E-state index in [1.807, 2.05) is 0 Å². The molecule has 0 aromatic carbocycles. The molecule has 1 atom stereocenters. The Balaban J connectivity index is 4.15. The number of nitrogens with two attached hydrogens (primary N) is 1. The fraction of sp³-hybridized carbons (Fsp3) is 0.556. The zero-order valence-corrected chi connectivity index (χ0v) is 9.36. The third-order valence-electron chi connectivity index (χ3n) is 1.81. The highest BCUT2D eigenvalue weighted by Crippen LogP contribution is 1.97. The van der Waals surface area contributed by atoms with Crippen molar-refractivity contribution in [2.75, 3.05) is 6.54 Å². The molecule has 17 heavy (non-hydrogen) atoms. The summed E-state index contributed by atoms with van der Waals surface area (Å²) in [4.78, 5) is 42.9. The van der Waals surface area contributed by atoms with Crippen LogP contribution in [0.5, 0.6) is 0 Å². The van der Waals surface area contributed by atoms with Crippen molar-refractivity contribution in [2.45, 2.75) is 25.8 Å². The first kappa shape index (κ1) is 14.9. The third kappa shape index (κ3) is 7.77. The zero-order valence-electron chi connectivity index (χ0n) is 9.36. The van der Waals surface area contributed by atoms with Crippen molar-refractivity contribution in [1.29, 1.82) is 0 Å². The van der Waals surface area contributed by atoms with Crippen LogP contribution in [-0.4, -0.2) is 41.4 Å². The van der Waals surface area contributed by atoms with Gasteiger partial charge in [-0.2, -0.15) is 0 Å². The summed E-state index contributed by atoms with van der Waals surface area (Å²) in [7, 11) is 0. The third-order valence-corrected chi connectivity index (χ3v) is 1.81. The number of carboxylic acids is 1. The van der Waals surface area contributed by atoms with E-state index >= 15 is 0 Å². The Kier molecular flexibility index (Phi) is 6.30. The van der Waals surface area contributed by atoms with Gasteiger partial charge in [0.25, 0.3) is 0 Å². The standard InChI is InChI=1S/C9H15N3O5/c1-5(13)11-4-8(15)12-6(9(16)17)2-3-7(10)14/h6H,2-4H2,1H3,(H2,10,14)(H,11,13)(H,12,15)(H,16,17). The number of amides is 3. The molecule has 1 unspecified atom stereocenters. The Morgan fingerprint density at radius 2 is 1.88 bits per heavy atom. The van der Waals surface area contributed by atoms with E-state index in [1.165, 1.54) is 6.92 Å². The lowest BCUT2D eigenvalue weighted by Gasteiger charge is -2.13. The molecule has 3 amide bonds. The SMILES string of the molecule is CC(=O)NCC(=O)NC(CCC(N)=O)C(=O)O. The maximum atomic E-state index is 11.2. The second kappa shape index (κ2) is 7.20. The first-order valence-electron chi connectivity index (χ1n) is 4.88. The molecular formula is C9H15N3O5. The number of nitrogens with one attached hydrogen (secondary N) is 2. The Morgan fingerprint density at radius 1 is 1.29 bits per heavy atom. The molecule has 0 bridgehead atoms. The molecule has 0 aromatic rings. The maximum absolute atomic E-state index is 11.2. The minimum atomic E-state index is -1.26. The van der Waals surface area contributed by atoms with Gasteiger partial charge >= 0.3 is 5.97 Å². The summed E-state index contributed by atoms with van der Waals surface area (Å²) in [6.07, 6.45) is -0.228. The number of carbonyl (C=O) groups excluding carboxylic acids is 3. The molecule has 0 saturated heterocycles. The van der Waals surface area contributed by atoms with Crippen LogP contribution >= 0.6 is 0 Å². The lowest BCUT2D eigenvalue weighted by molar-refractivity contribution is -0.142. The van der Waals surface area contributed by atoms with Crippen LogP contribution in [0.25, 0.3) is 0 Å². The number of hydrogen-bond donors (Lipinski definition) is 4. The van der Waals surface area contributed by atoms with E-state index < -0.39 is 29.7 Å². The molecule has 0 spiro atoms.